The van der Waals surface area contributed by atoms with Crippen molar-refractivity contribution in [3.8, 4) is 0 Å². The zero-order valence-corrected chi connectivity index (χ0v) is 6.30. The first-order valence-electron chi connectivity index (χ1n) is 3.47. The maximum absolute atomic E-state index is 3.85. The van der Waals surface area contributed by atoms with Gasteiger partial charge in [0.2, 0.25) is 0 Å². The van der Waals surface area contributed by atoms with E-state index in [9.17, 15) is 0 Å². The molecule has 1 nitrogen and oxygen atoms in total. The lowest BCUT2D eigenvalue weighted by molar-refractivity contribution is -0.846. The van der Waals surface area contributed by atoms with E-state index in [-0.39, 0.29) is 0 Å². The van der Waals surface area contributed by atoms with Gasteiger partial charge in [0.05, 0.1) is 6.54 Å². The summed E-state index contributed by atoms with van der Waals surface area (Å²) >= 11 is 0. The third-order valence-corrected chi connectivity index (χ3v) is 1.35. The molecule has 54 valence electrons. The first kappa shape index (κ1) is 7.29. The van der Waals surface area contributed by atoms with Crippen LogP contribution in [0.2, 0.25) is 0 Å². The van der Waals surface area contributed by atoms with Gasteiger partial charge in [0.15, 0.2) is 0 Å². The fourth-order valence-corrected chi connectivity index (χ4v) is 0.944. The Morgan fingerprint density at radius 3 is 2.40 bits per heavy atom. The Kier molecular flexibility index (Phi) is 2.46. The van der Waals surface area contributed by atoms with Crippen molar-refractivity contribution in [1.82, 2.24) is 0 Å². The predicted octanol–water partition coefficient (Wildman–Crippen LogP) is 0.493. The lowest BCUT2D eigenvalue weighted by Crippen LogP contribution is -3.01. The molecule has 1 atom stereocenters. The van der Waals surface area contributed by atoms with Gasteiger partial charge in [-0.25, -0.2) is 0 Å². The summed E-state index contributed by atoms with van der Waals surface area (Å²) in [6.07, 6.45) is 0. The van der Waals surface area contributed by atoms with Gasteiger partial charge in [-0.3, -0.25) is 0 Å². The Bertz CT molecular complexity index is 179. The molecule has 1 aromatic carbocycles. The number of hydrogen-bond donors (Lipinski definition) is 1. The highest BCUT2D eigenvalue weighted by atomic mass is 15.0. The van der Waals surface area contributed by atoms with Crippen molar-refractivity contribution in [2.45, 2.75) is 6.54 Å². The Morgan fingerprint density at radius 2 is 1.90 bits per heavy atom. The molecule has 1 rings (SSSR count). The third kappa shape index (κ3) is 2.19. The molecule has 0 aliphatic carbocycles. The van der Waals surface area contributed by atoms with Gasteiger partial charge in [0.1, 0.15) is 0 Å². The maximum Gasteiger partial charge on any atom is 0.0785 e. The van der Waals surface area contributed by atoms with E-state index in [4.69, 9.17) is 0 Å². The molecule has 0 bridgehead atoms. The molecule has 1 unspecified atom stereocenters. The molecule has 1 heteroatoms. The molecule has 0 saturated heterocycles. The van der Waals surface area contributed by atoms with Crippen LogP contribution in [0.4, 0.5) is 0 Å². The van der Waals surface area contributed by atoms with Gasteiger partial charge in [0, 0.05) is 12.6 Å². The molecule has 1 aromatic rings. The van der Waals surface area contributed by atoms with Gasteiger partial charge in [-0.05, 0) is 0 Å². The monoisotopic (exact) mass is 135 g/mol. The van der Waals surface area contributed by atoms with Crippen molar-refractivity contribution in [2.24, 2.45) is 0 Å². The van der Waals surface area contributed by atoms with Crippen LogP contribution in [0.3, 0.4) is 0 Å². The van der Waals surface area contributed by atoms with Gasteiger partial charge < -0.3 is 4.90 Å². The topological polar surface area (TPSA) is 4.44 Å². The van der Waals surface area contributed by atoms with E-state index in [1.165, 1.54) is 10.5 Å². The molecule has 0 fully saturated rings. The lowest BCUT2D eigenvalue weighted by Gasteiger charge is -2.13. The van der Waals surface area contributed by atoms with Crippen LogP contribution in [0.1, 0.15) is 5.56 Å². The molecule has 0 aliphatic rings. The minimum Gasteiger partial charge on any atom is -0.467 e. The molecule has 0 spiro atoms. The fourth-order valence-electron chi connectivity index (χ4n) is 0.944. The molecule has 0 amide bonds. The average molecular weight is 135 g/mol. The van der Waals surface area contributed by atoms with Crippen LogP contribution in [0.15, 0.2) is 30.3 Å². The van der Waals surface area contributed by atoms with E-state index >= 15 is 0 Å². The van der Waals surface area contributed by atoms with Crippen LogP contribution in [0.5, 0.6) is 0 Å². The summed E-state index contributed by atoms with van der Waals surface area (Å²) in [5, 5.41) is 0. The smallest absolute Gasteiger partial charge is 0.0785 e. The van der Waals surface area contributed by atoms with Crippen molar-refractivity contribution in [3.63, 3.8) is 0 Å². The normalized spacial score (nSPS) is 13.0. The second-order valence-corrected chi connectivity index (χ2v) is 2.62. The Balaban J connectivity index is 2.59. The quantitative estimate of drug-likeness (QED) is 0.563. The summed E-state index contributed by atoms with van der Waals surface area (Å²) in [5.74, 6) is 0. The van der Waals surface area contributed by atoms with Crippen molar-refractivity contribution in [2.75, 3.05) is 7.05 Å². The molecule has 0 heterocycles. The molecule has 0 radical (unpaired) electrons. The Morgan fingerprint density at radius 1 is 1.30 bits per heavy atom. The largest absolute Gasteiger partial charge is 0.467 e. The van der Waals surface area contributed by atoms with Crippen molar-refractivity contribution in [1.29, 1.82) is 0 Å². The zero-order chi connectivity index (χ0) is 7.40. The third-order valence-electron chi connectivity index (χ3n) is 1.35. The van der Waals surface area contributed by atoms with Crippen LogP contribution >= 0.6 is 0 Å². The zero-order valence-electron chi connectivity index (χ0n) is 6.30. The predicted molar refractivity (Wildman–Crippen MR) is 42.4 cm³/mol. The number of hydrogen-bond acceptors (Lipinski definition) is 0. The first-order valence-corrected chi connectivity index (χ1v) is 3.47. The summed E-state index contributed by atoms with van der Waals surface area (Å²) in [4.78, 5) is 1.21. The molecule has 0 saturated carbocycles. The Hall–Kier alpha value is -0.820. The highest BCUT2D eigenvalue weighted by molar-refractivity contribution is 5.13. The van der Waals surface area contributed by atoms with Gasteiger partial charge in [-0.2, -0.15) is 7.05 Å². The highest BCUT2D eigenvalue weighted by Gasteiger charge is 1.90. The summed E-state index contributed by atoms with van der Waals surface area (Å²) in [5.41, 5.74) is 1.34. The Labute approximate surface area is 62.3 Å². The minimum absolute atomic E-state index is 1.00. The van der Waals surface area contributed by atoms with Crippen LogP contribution in [0, 0.1) is 7.05 Å². The molecule has 10 heavy (non-hydrogen) atoms. The van der Waals surface area contributed by atoms with Crippen molar-refractivity contribution >= 4 is 0 Å². The van der Waals surface area contributed by atoms with Crippen LogP contribution < -0.4 is 4.90 Å². The van der Waals surface area contributed by atoms with E-state index in [1.807, 2.05) is 13.1 Å². The molecular formula is C9H13N. The first-order chi connectivity index (χ1) is 4.79. The molecular weight excluding hydrogens is 122 g/mol. The molecule has 0 aliphatic heterocycles. The van der Waals surface area contributed by atoms with Crippen LogP contribution in [-0.4, -0.2) is 7.05 Å². The van der Waals surface area contributed by atoms with Gasteiger partial charge in [-0.1, -0.05) is 30.3 Å². The highest BCUT2D eigenvalue weighted by Crippen LogP contribution is 1.94. The van der Waals surface area contributed by atoms with Crippen molar-refractivity contribution in [3.05, 3.63) is 42.9 Å². The summed E-state index contributed by atoms with van der Waals surface area (Å²) in [7, 11) is 5.90. The second-order valence-electron chi connectivity index (χ2n) is 2.62. The number of quaternary nitrogens is 1. The molecule has 0 aromatic heterocycles. The van der Waals surface area contributed by atoms with E-state index in [0.717, 1.165) is 6.54 Å². The van der Waals surface area contributed by atoms with Gasteiger partial charge in [-0.15, -0.1) is 0 Å². The summed E-state index contributed by atoms with van der Waals surface area (Å²) in [6.45, 7) is 1.00. The van der Waals surface area contributed by atoms with Crippen molar-refractivity contribution < 1.29 is 4.90 Å². The summed E-state index contributed by atoms with van der Waals surface area (Å²) in [6, 6.07) is 10.4. The lowest BCUT2D eigenvalue weighted by atomic mass is 10.2. The maximum atomic E-state index is 3.85. The number of rotatable bonds is 2. The van der Waals surface area contributed by atoms with Gasteiger partial charge in [0.25, 0.3) is 0 Å². The number of nitrogens with one attached hydrogen (secondary N) is 1. The standard InChI is InChI=1S/C9H13N/c1-10(2)8-9-6-4-3-5-7-9/h3-7,10H,1,8H2,2H3. The molecule has 1 N–H and O–H groups in total. The number of benzene rings is 1. The van der Waals surface area contributed by atoms with E-state index in [1.54, 1.807) is 0 Å². The van der Waals surface area contributed by atoms with E-state index in [0.29, 0.717) is 0 Å². The van der Waals surface area contributed by atoms with E-state index in [2.05, 4.69) is 31.3 Å². The SMILES string of the molecule is [CH2-][NH+](C)Cc1ccccc1. The average Bonchev–Trinajstić information content (AvgIpc) is 1.88. The van der Waals surface area contributed by atoms with E-state index < -0.39 is 0 Å². The van der Waals surface area contributed by atoms with Crippen LogP contribution in [-0.2, 0) is 6.54 Å². The second kappa shape index (κ2) is 3.37. The van der Waals surface area contributed by atoms with Crippen LogP contribution in [0.25, 0.3) is 0 Å². The minimum atomic E-state index is 1.00. The van der Waals surface area contributed by atoms with Gasteiger partial charge >= 0.3 is 0 Å². The summed E-state index contributed by atoms with van der Waals surface area (Å²) < 4.78 is 0. The fraction of sp³-hybridized carbons (Fsp3) is 0.222.